The van der Waals surface area contributed by atoms with Gasteiger partial charge in [0.2, 0.25) is 0 Å². The van der Waals surface area contributed by atoms with Crippen molar-refractivity contribution in [2.75, 3.05) is 13.7 Å². The van der Waals surface area contributed by atoms with Gasteiger partial charge in [0, 0.05) is 16.6 Å². The molecule has 1 aromatic carbocycles. The van der Waals surface area contributed by atoms with Gasteiger partial charge in [-0.15, -0.1) is 0 Å². The van der Waals surface area contributed by atoms with E-state index in [9.17, 15) is 0 Å². The molecule has 0 spiro atoms. The second kappa shape index (κ2) is 8.40. The normalized spacial score (nSPS) is 18.3. The molecule has 1 fully saturated rings. The second-order valence-electron chi connectivity index (χ2n) is 5.80. The maximum Gasteiger partial charge on any atom is 0.137 e. The van der Waals surface area contributed by atoms with Crippen LogP contribution in [0.25, 0.3) is 0 Å². The molecule has 1 aromatic rings. The minimum Gasteiger partial charge on any atom is -0.495 e. The van der Waals surface area contributed by atoms with E-state index in [0.29, 0.717) is 12.0 Å². The number of ether oxygens (including phenoxy) is 1. The summed E-state index contributed by atoms with van der Waals surface area (Å²) in [4.78, 5) is 0. The van der Waals surface area contributed by atoms with E-state index in [1.807, 2.05) is 6.07 Å². The fourth-order valence-corrected chi connectivity index (χ4v) is 4.42. The molecular formula is C17H25BrClNO. The molecule has 1 aliphatic rings. The van der Waals surface area contributed by atoms with Gasteiger partial charge in [0.05, 0.1) is 11.6 Å². The fourth-order valence-electron chi connectivity index (χ4n) is 3.42. The molecular weight excluding hydrogens is 350 g/mol. The van der Waals surface area contributed by atoms with Gasteiger partial charge in [-0.05, 0) is 53.4 Å². The third-order valence-electron chi connectivity index (χ3n) is 4.37. The van der Waals surface area contributed by atoms with Crippen LogP contribution in [0.5, 0.6) is 5.75 Å². The molecule has 4 heteroatoms. The zero-order valence-corrected chi connectivity index (χ0v) is 15.3. The number of halogens is 2. The van der Waals surface area contributed by atoms with Crippen molar-refractivity contribution < 1.29 is 4.74 Å². The van der Waals surface area contributed by atoms with Gasteiger partial charge >= 0.3 is 0 Å². The molecule has 1 N–H and O–H groups in total. The van der Waals surface area contributed by atoms with E-state index >= 15 is 0 Å². The molecule has 1 saturated carbocycles. The van der Waals surface area contributed by atoms with E-state index in [0.717, 1.165) is 21.8 Å². The lowest BCUT2D eigenvalue weighted by molar-refractivity contribution is 0.316. The zero-order valence-electron chi connectivity index (χ0n) is 12.9. The topological polar surface area (TPSA) is 21.3 Å². The minimum atomic E-state index is 0.318. The number of rotatable bonds is 5. The Kier molecular flexibility index (Phi) is 6.84. The van der Waals surface area contributed by atoms with Crippen molar-refractivity contribution in [3.8, 4) is 5.75 Å². The Hall–Kier alpha value is -0.250. The Balaban J connectivity index is 2.36. The van der Waals surface area contributed by atoms with Crippen molar-refractivity contribution in [3.05, 3.63) is 27.2 Å². The van der Waals surface area contributed by atoms with Gasteiger partial charge in [-0.1, -0.05) is 44.2 Å². The molecule has 0 amide bonds. The number of hydrogen-bond acceptors (Lipinski definition) is 2. The molecule has 0 aromatic heterocycles. The number of hydrogen-bond donors (Lipinski definition) is 1. The molecule has 0 aliphatic heterocycles. The summed E-state index contributed by atoms with van der Waals surface area (Å²) < 4.78 is 6.57. The van der Waals surface area contributed by atoms with Gasteiger partial charge < -0.3 is 10.1 Å². The lowest BCUT2D eigenvalue weighted by Crippen LogP contribution is -2.28. The van der Waals surface area contributed by atoms with Gasteiger partial charge in [0.1, 0.15) is 5.75 Å². The predicted octanol–water partition coefficient (Wildman–Crippen LogP) is 5.73. The summed E-state index contributed by atoms with van der Waals surface area (Å²) in [6, 6.07) is 4.28. The molecule has 0 heterocycles. The van der Waals surface area contributed by atoms with E-state index in [2.05, 4.69) is 34.2 Å². The average Bonchev–Trinajstić information content (AvgIpc) is 2.73. The van der Waals surface area contributed by atoms with E-state index in [1.165, 1.54) is 44.1 Å². The molecule has 0 saturated heterocycles. The lowest BCUT2D eigenvalue weighted by atomic mass is 9.86. The third kappa shape index (κ3) is 4.37. The Morgan fingerprint density at radius 3 is 2.52 bits per heavy atom. The number of methoxy groups -OCH3 is 1. The highest BCUT2D eigenvalue weighted by Gasteiger charge is 2.27. The van der Waals surface area contributed by atoms with Crippen LogP contribution in [-0.2, 0) is 0 Å². The Morgan fingerprint density at radius 1 is 1.29 bits per heavy atom. The van der Waals surface area contributed by atoms with Crippen molar-refractivity contribution in [1.82, 2.24) is 5.32 Å². The van der Waals surface area contributed by atoms with Crippen molar-refractivity contribution in [2.24, 2.45) is 5.92 Å². The van der Waals surface area contributed by atoms with Crippen LogP contribution in [0.15, 0.2) is 16.6 Å². The molecule has 118 valence electrons. The van der Waals surface area contributed by atoms with E-state index < -0.39 is 0 Å². The summed E-state index contributed by atoms with van der Waals surface area (Å²) in [5.41, 5.74) is 1.19. The summed E-state index contributed by atoms with van der Waals surface area (Å²) in [6.07, 6.45) is 7.96. The van der Waals surface area contributed by atoms with Crippen molar-refractivity contribution in [2.45, 2.75) is 51.5 Å². The summed E-state index contributed by atoms with van der Waals surface area (Å²) in [5.74, 6) is 1.57. The molecule has 1 atom stereocenters. The summed E-state index contributed by atoms with van der Waals surface area (Å²) in [6.45, 7) is 3.12. The lowest BCUT2D eigenvalue weighted by Gasteiger charge is -2.29. The highest BCUT2D eigenvalue weighted by molar-refractivity contribution is 9.10. The molecule has 21 heavy (non-hydrogen) atoms. The number of benzene rings is 1. The van der Waals surface area contributed by atoms with Gasteiger partial charge in [0.25, 0.3) is 0 Å². The smallest absolute Gasteiger partial charge is 0.137 e. The van der Waals surface area contributed by atoms with Crippen molar-refractivity contribution in [3.63, 3.8) is 0 Å². The van der Waals surface area contributed by atoms with Gasteiger partial charge in [-0.25, -0.2) is 0 Å². The summed E-state index contributed by atoms with van der Waals surface area (Å²) in [5, 5.41) is 4.42. The van der Waals surface area contributed by atoms with E-state index in [4.69, 9.17) is 16.3 Å². The van der Waals surface area contributed by atoms with Crippen LogP contribution < -0.4 is 10.1 Å². The van der Waals surface area contributed by atoms with Gasteiger partial charge in [-0.2, -0.15) is 0 Å². The third-order valence-corrected chi connectivity index (χ3v) is 5.18. The molecule has 0 bridgehead atoms. The SMILES string of the molecule is CCNC(c1cc(Cl)cc(Br)c1OC)C1CCCCCC1. The minimum absolute atomic E-state index is 0.318. The molecule has 1 aliphatic carbocycles. The highest BCUT2D eigenvalue weighted by Crippen LogP contribution is 2.41. The van der Waals surface area contributed by atoms with Crippen molar-refractivity contribution in [1.29, 1.82) is 0 Å². The number of nitrogens with one attached hydrogen (secondary N) is 1. The maximum atomic E-state index is 6.28. The van der Waals surface area contributed by atoms with Crippen LogP contribution in [-0.4, -0.2) is 13.7 Å². The van der Waals surface area contributed by atoms with Crippen LogP contribution in [0.1, 0.15) is 57.1 Å². The van der Waals surface area contributed by atoms with E-state index in [1.54, 1.807) is 7.11 Å². The highest BCUT2D eigenvalue weighted by atomic mass is 79.9. The first kappa shape index (κ1) is 17.1. The first-order chi connectivity index (χ1) is 10.2. The summed E-state index contributed by atoms with van der Waals surface area (Å²) >= 11 is 9.86. The quantitative estimate of drug-likeness (QED) is 0.664. The van der Waals surface area contributed by atoms with Crippen LogP contribution >= 0.6 is 27.5 Å². The predicted molar refractivity (Wildman–Crippen MR) is 93.3 cm³/mol. The average molecular weight is 375 g/mol. The summed E-state index contributed by atoms with van der Waals surface area (Å²) in [7, 11) is 1.73. The Bertz CT molecular complexity index is 458. The van der Waals surface area contributed by atoms with Crippen LogP contribution in [0, 0.1) is 5.92 Å². The standard InChI is InChI=1S/C17H25BrClNO/c1-3-20-16(12-8-6-4-5-7-9-12)14-10-13(19)11-15(18)17(14)21-2/h10-12,16,20H,3-9H2,1-2H3. The molecule has 1 unspecified atom stereocenters. The van der Waals surface area contributed by atoms with Crippen LogP contribution in [0.2, 0.25) is 5.02 Å². The first-order valence-corrected chi connectivity index (χ1v) is 9.10. The van der Waals surface area contributed by atoms with Crippen LogP contribution in [0.3, 0.4) is 0 Å². The second-order valence-corrected chi connectivity index (χ2v) is 7.09. The van der Waals surface area contributed by atoms with E-state index in [-0.39, 0.29) is 0 Å². The Morgan fingerprint density at radius 2 is 1.95 bits per heavy atom. The maximum absolute atomic E-state index is 6.28. The molecule has 2 rings (SSSR count). The molecule has 0 radical (unpaired) electrons. The Labute approximate surface area is 141 Å². The largest absolute Gasteiger partial charge is 0.495 e. The zero-order chi connectivity index (χ0) is 15.2. The first-order valence-electron chi connectivity index (χ1n) is 7.93. The monoisotopic (exact) mass is 373 g/mol. The fraction of sp³-hybridized carbons (Fsp3) is 0.647. The van der Waals surface area contributed by atoms with Crippen LogP contribution in [0.4, 0.5) is 0 Å². The van der Waals surface area contributed by atoms with Gasteiger partial charge in [-0.3, -0.25) is 0 Å². The van der Waals surface area contributed by atoms with Gasteiger partial charge in [0.15, 0.2) is 0 Å². The van der Waals surface area contributed by atoms with Crippen molar-refractivity contribution >= 4 is 27.5 Å². The molecule has 2 nitrogen and oxygen atoms in total.